The summed E-state index contributed by atoms with van der Waals surface area (Å²) in [5, 5.41) is 5.66. The van der Waals surface area contributed by atoms with Crippen LogP contribution >= 0.6 is 0 Å². The minimum Gasteiger partial charge on any atom is -0.336 e. The van der Waals surface area contributed by atoms with E-state index in [1.165, 1.54) is 6.92 Å². The molecule has 2 saturated heterocycles. The smallest absolute Gasteiger partial charge is 0.321 e. The molecule has 0 radical (unpaired) electrons. The fourth-order valence-electron chi connectivity index (χ4n) is 3.22. The molecular weight excluding hydrogens is 308 g/mol. The summed E-state index contributed by atoms with van der Waals surface area (Å²) in [4.78, 5) is 39.1. The van der Waals surface area contributed by atoms with Crippen molar-refractivity contribution in [2.45, 2.75) is 25.8 Å². The summed E-state index contributed by atoms with van der Waals surface area (Å²) < 4.78 is 0. The maximum atomic E-state index is 12.5. The maximum Gasteiger partial charge on any atom is 0.321 e. The number of rotatable bonds is 3. The van der Waals surface area contributed by atoms with Crippen LogP contribution in [0.1, 0.15) is 30.1 Å². The van der Waals surface area contributed by atoms with Gasteiger partial charge >= 0.3 is 12.1 Å². The van der Waals surface area contributed by atoms with Crippen molar-refractivity contribution < 1.29 is 14.4 Å². The summed E-state index contributed by atoms with van der Waals surface area (Å²) in [5.74, 6) is -0.00404. The minimum absolute atomic E-state index is 0.00404. The highest BCUT2D eigenvalue weighted by atomic mass is 16.2. The standard InChI is InChI=1S/C17H22N4O3/c1-12(22)13-4-6-14(7-5-13)19-17(24)20-9-2-3-15(11-20)21-10-8-18-16(21)23/h4-7,15H,2-3,8-11H2,1H3,(H,18,23)(H,19,24). The van der Waals surface area contributed by atoms with Crippen molar-refractivity contribution in [3.8, 4) is 0 Å². The molecule has 2 N–H and O–H groups in total. The molecule has 1 unspecified atom stereocenters. The molecule has 0 aliphatic carbocycles. The van der Waals surface area contributed by atoms with Crippen molar-refractivity contribution in [3.63, 3.8) is 0 Å². The zero-order valence-corrected chi connectivity index (χ0v) is 13.7. The predicted molar refractivity (Wildman–Crippen MR) is 90.2 cm³/mol. The summed E-state index contributed by atoms with van der Waals surface area (Å²) in [6.07, 6.45) is 1.80. The number of likely N-dealkylation sites (tertiary alicyclic amines) is 1. The van der Waals surface area contributed by atoms with E-state index in [4.69, 9.17) is 0 Å². The quantitative estimate of drug-likeness (QED) is 0.831. The zero-order valence-electron chi connectivity index (χ0n) is 13.7. The van der Waals surface area contributed by atoms with E-state index in [0.717, 1.165) is 12.8 Å². The molecule has 0 aromatic heterocycles. The third-order valence-electron chi connectivity index (χ3n) is 4.56. The predicted octanol–water partition coefficient (Wildman–Crippen LogP) is 1.91. The van der Waals surface area contributed by atoms with Crippen molar-refractivity contribution in [1.82, 2.24) is 15.1 Å². The van der Waals surface area contributed by atoms with Crippen LogP contribution in [0.2, 0.25) is 0 Å². The number of hydrogen-bond donors (Lipinski definition) is 2. The van der Waals surface area contributed by atoms with Crippen LogP contribution in [0.4, 0.5) is 15.3 Å². The number of Topliss-reactive ketones (excluding diaryl/α,β-unsaturated/α-hetero) is 1. The Morgan fingerprint density at radius 1 is 1.21 bits per heavy atom. The highest BCUT2D eigenvalue weighted by molar-refractivity contribution is 5.95. The Morgan fingerprint density at radius 3 is 2.58 bits per heavy atom. The Morgan fingerprint density at radius 2 is 1.96 bits per heavy atom. The highest BCUT2D eigenvalue weighted by Gasteiger charge is 2.32. The first-order valence-electron chi connectivity index (χ1n) is 8.26. The van der Waals surface area contributed by atoms with Crippen LogP contribution < -0.4 is 10.6 Å². The second kappa shape index (κ2) is 6.90. The second-order valence-electron chi connectivity index (χ2n) is 6.23. The van der Waals surface area contributed by atoms with Crippen LogP contribution in [-0.2, 0) is 0 Å². The van der Waals surface area contributed by atoms with Gasteiger partial charge in [0.2, 0.25) is 0 Å². The third kappa shape index (κ3) is 3.50. The molecule has 2 aliphatic heterocycles. The topological polar surface area (TPSA) is 81.8 Å². The third-order valence-corrected chi connectivity index (χ3v) is 4.56. The Hall–Kier alpha value is -2.57. The molecule has 2 aliphatic rings. The average Bonchev–Trinajstić information content (AvgIpc) is 3.01. The molecule has 0 saturated carbocycles. The van der Waals surface area contributed by atoms with E-state index in [1.54, 1.807) is 29.2 Å². The summed E-state index contributed by atoms with van der Waals surface area (Å²) in [5.41, 5.74) is 1.28. The number of anilines is 1. The van der Waals surface area contributed by atoms with Crippen molar-refractivity contribution in [2.75, 3.05) is 31.5 Å². The van der Waals surface area contributed by atoms with Gasteiger partial charge in [-0.3, -0.25) is 4.79 Å². The van der Waals surface area contributed by atoms with E-state index >= 15 is 0 Å². The van der Waals surface area contributed by atoms with Crippen LogP contribution in [0.15, 0.2) is 24.3 Å². The summed E-state index contributed by atoms with van der Waals surface area (Å²) in [6.45, 7) is 4.11. The number of urea groups is 2. The van der Waals surface area contributed by atoms with Crippen LogP contribution in [0.3, 0.4) is 0 Å². The first-order chi connectivity index (χ1) is 11.5. The van der Waals surface area contributed by atoms with E-state index in [1.807, 2.05) is 4.90 Å². The Labute approximate surface area is 141 Å². The minimum atomic E-state index is -0.171. The number of benzene rings is 1. The molecule has 128 valence electrons. The van der Waals surface area contributed by atoms with Gasteiger partial charge in [0.05, 0.1) is 6.04 Å². The molecule has 7 nitrogen and oxygen atoms in total. The van der Waals surface area contributed by atoms with Gasteiger partial charge in [-0.25, -0.2) is 9.59 Å². The van der Waals surface area contributed by atoms with E-state index in [2.05, 4.69) is 10.6 Å². The lowest BCUT2D eigenvalue weighted by Crippen LogP contribution is -2.51. The van der Waals surface area contributed by atoms with E-state index in [-0.39, 0.29) is 23.9 Å². The molecule has 7 heteroatoms. The molecule has 24 heavy (non-hydrogen) atoms. The number of ketones is 1. The van der Waals surface area contributed by atoms with Gasteiger partial charge in [-0.05, 0) is 44.0 Å². The van der Waals surface area contributed by atoms with Crippen LogP contribution in [0.25, 0.3) is 0 Å². The van der Waals surface area contributed by atoms with Gasteiger partial charge in [-0.1, -0.05) is 0 Å². The molecule has 4 amide bonds. The Bertz CT molecular complexity index is 644. The van der Waals surface area contributed by atoms with Crippen molar-refractivity contribution in [2.24, 2.45) is 0 Å². The van der Waals surface area contributed by atoms with E-state index in [9.17, 15) is 14.4 Å². The SMILES string of the molecule is CC(=O)c1ccc(NC(=O)N2CCCC(N3CCNC3=O)C2)cc1. The molecule has 1 aromatic rings. The molecule has 0 spiro atoms. The van der Waals surface area contributed by atoms with Crippen LogP contribution in [0.5, 0.6) is 0 Å². The van der Waals surface area contributed by atoms with Gasteiger partial charge in [-0.15, -0.1) is 0 Å². The Balaban J connectivity index is 1.60. The highest BCUT2D eigenvalue weighted by Crippen LogP contribution is 2.19. The van der Waals surface area contributed by atoms with E-state index in [0.29, 0.717) is 37.4 Å². The van der Waals surface area contributed by atoms with E-state index < -0.39 is 0 Å². The van der Waals surface area contributed by atoms with Gasteiger partial charge in [0.15, 0.2) is 5.78 Å². The summed E-state index contributed by atoms with van der Waals surface area (Å²) in [6, 6.07) is 6.72. The second-order valence-corrected chi connectivity index (χ2v) is 6.23. The number of nitrogens with one attached hydrogen (secondary N) is 2. The number of piperidine rings is 1. The number of amides is 4. The lowest BCUT2D eigenvalue weighted by atomic mass is 10.0. The van der Waals surface area contributed by atoms with Gasteiger partial charge in [0.1, 0.15) is 0 Å². The van der Waals surface area contributed by atoms with Gasteiger partial charge in [0, 0.05) is 37.4 Å². The molecule has 1 aromatic carbocycles. The summed E-state index contributed by atoms with van der Waals surface area (Å²) in [7, 11) is 0. The monoisotopic (exact) mass is 330 g/mol. The normalized spacial score (nSPS) is 20.7. The van der Waals surface area contributed by atoms with Gasteiger partial charge in [0.25, 0.3) is 0 Å². The Kier molecular flexibility index (Phi) is 4.69. The van der Waals surface area contributed by atoms with Crippen LogP contribution in [-0.4, -0.2) is 59.9 Å². The van der Waals surface area contributed by atoms with Crippen molar-refractivity contribution >= 4 is 23.5 Å². The average molecular weight is 330 g/mol. The molecule has 2 heterocycles. The van der Waals surface area contributed by atoms with Gasteiger partial charge in [-0.2, -0.15) is 0 Å². The molecule has 1 atom stereocenters. The lowest BCUT2D eigenvalue weighted by molar-refractivity contribution is 0.101. The number of nitrogens with zero attached hydrogens (tertiary/aromatic N) is 2. The van der Waals surface area contributed by atoms with Crippen molar-refractivity contribution in [1.29, 1.82) is 0 Å². The fraction of sp³-hybridized carbons (Fsp3) is 0.471. The molecular formula is C17H22N4O3. The number of carbonyl (C=O) groups excluding carboxylic acids is 3. The largest absolute Gasteiger partial charge is 0.336 e. The van der Waals surface area contributed by atoms with Crippen LogP contribution in [0, 0.1) is 0 Å². The first-order valence-corrected chi connectivity index (χ1v) is 8.26. The lowest BCUT2D eigenvalue weighted by Gasteiger charge is -2.36. The molecule has 3 rings (SSSR count). The summed E-state index contributed by atoms with van der Waals surface area (Å²) >= 11 is 0. The first kappa shape index (κ1) is 16.3. The number of hydrogen-bond acceptors (Lipinski definition) is 3. The molecule has 2 fully saturated rings. The molecule has 0 bridgehead atoms. The number of carbonyl (C=O) groups is 3. The zero-order chi connectivity index (χ0) is 17.1. The van der Waals surface area contributed by atoms with Gasteiger partial charge < -0.3 is 20.4 Å². The fourth-order valence-corrected chi connectivity index (χ4v) is 3.22. The van der Waals surface area contributed by atoms with Crippen molar-refractivity contribution in [3.05, 3.63) is 29.8 Å². The maximum absolute atomic E-state index is 12.5.